The molecule has 2 aliphatic heterocycles. The van der Waals surface area contributed by atoms with Crippen LogP contribution < -0.4 is 21.3 Å². The quantitative estimate of drug-likeness (QED) is 0.440. The second-order valence-corrected chi connectivity index (χ2v) is 15.4. The van der Waals surface area contributed by atoms with E-state index < -0.39 is 0 Å². The summed E-state index contributed by atoms with van der Waals surface area (Å²) in [6, 6.07) is 8.55. The second kappa shape index (κ2) is 9.83. The summed E-state index contributed by atoms with van der Waals surface area (Å²) in [5.41, 5.74) is 5.28. The van der Waals surface area contributed by atoms with Gasteiger partial charge in [0.2, 0.25) is 0 Å². The van der Waals surface area contributed by atoms with Crippen molar-refractivity contribution in [3.63, 3.8) is 0 Å². The number of rotatable bonds is 5. The van der Waals surface area contributed by atoms with Crippen molar-refractivity contribution in [1.29, 1.82) is 0 Å². The zero-order chi connectivity index (χ0) is 25.1. The number of benzene rings is 1. The minimum Gasteiger partial charge on any atom is -0.314 e. The fourth-order valence-electron chi connectivity index (χ4n) is 9.39. The first kappa shape index (κ1) is 26.2. The Bertz CT molecular complexity index is 915. The van der Waals surface area contributed by atoms with Crippen LogP contribution in [0.2, 0.25) is 0 Å². The molecule has 7 unspecified atom stereocenters. The highest BCUT2D eigenvalue weighted by atomic mass is 31.0. The molecule has 6 fully saturated rings. The molecule has 4 bridgehead atoms. The predicted molar refractivity (Wildman–Crippen MR) is 159 cm³/mol. The Morgan fingerprint density at radius 3 is 2.00 bits per heavy atom. The second-order valence-electron chi connectivity index (χ2n) is 14.0. The lowest BCUT2D eigenvalue weighted by Gasteiger charge is -2.63. The Morgan fingerprint density at radius 2 is 1.50 bits per heavy atom. The molecule has 4 aliphatic carbocycles. The molecule has 36 heavy (non-hydrogen) atoms. The standard InChI is InChI=1S/C30H50N4P2/c1-28(2,3)22-4-5-23(29-14-19-10-20(15-29)12-21(11-19)25(29)18-35)24(13-22)30(36,26-16-31-6-8-33-26)27-17-32-7-9-34-27/h4-5,13,19-21,25-27,31-34H,6-12,14-18,35-36H2,1-3H3. The Labute approximate surface area is 224 Å². The lowest BCUT2D eigenvalue weighted by molar-refractivity contribution is -0.0525. The van der Waals surface area contributed by atoms with Crippen molar-refractivity contribution in [2.24, 2.45) is 23.7 Å². The molecule has 7 rings (SSSR count). The van der Waals surface area contributed by atoms with Gasteiger partial charge in [0.1, 0.15) is 0 Å². The monoisotopic (exact) mass is 528 g/mol. The maximum Gasteiger partial charge on any atom is 0.0429 e. The van der Waals surface area contributed by atoms with Crippen LogP contribution in [0.3, 0.4) is 0 Å². The van der Waals surface area contributed by atoms with E-state index in [1.54, 1.807) is 11.1 Å². The summed E-state index contributed by atoms with van der Waals surface area (Å²) in [6.07, 6.45) is 8.54. The third kappa shape index (κ3) is 4.26. The molecule has 6 aliphatic rings. The van der Waals surface area contributed by atoms with Crippen molar-refractivity contribution in [1.82, 2.24) is 21.3 Å². The Hall–Kier alpha value is -0.0800. The van der Waals surface area contributed by atoms with Gasteiger partial charge < -0.3 is 21.3 Å². The maximum absolute atomic E-state index is 3.98. The summed E-state index contributed by atoms with van der Waals surface area (Å²) in [5.74, 6) is 3.60. The molecule has 0 amide bonds. The molecule has 7 atom stereocenters. The zero-order valence-electron chi connectivity index (χ0n) is 22.8. The molecule has 1 aromatic carbocycles. The Kier molecular flexibility index (Phi) is 7.15. The molecular formula is C30H50N4P2. The molecular weight excluding hydrogens is 478 g/mol. The van der Waals surface area contributed by atoms with Gasteiger partial charge in [-0.15, -0.1) is 18.5 Å². The minimum atomic E-state index is -0.0772. The molecule has 6 heteroatoms. The average molecular weight is 529 g/mol. The summed E-state index contributed by atoms with van der Waals surface area (Å²) in [6.45, 7) is 13.4. The average Bonchev–Trinajstić information content (AvgIpc) is 2.88. The number of hydrogen-bond donors (Lipinski definition) is 4. The molecule has 4 nitrogen and oxygen atoms in total. The molecule has 1 aromatic rings. The number of piperazine rings is 2. The third-order valence-corrected chi connectivity index (χ3v) is 12.5. The fraction of sp³-hybridized carbons (Fsp3) is 0.800. The summed E-state index contributed by atoms with van der Waals surface area (Å²) >= 11 is 0. The van der Waals surface area contributed by atoms with Crippen LogP contribution in [0.4, 0.5) is 0 Å². The third-order valence-electron chi connectivity index (χ3n) is 10.9. The van der Waals surface area contributed by atoms with Gasteiger partial charge in [-0.3, -0.25) is 0 Å². The van der Waals surface area contributed by atoms with E-state index in [4.69, 9.17) is 0 Å². The van der Waals surface area contributed by atoms with E-state index in [1.807, 2.05) is 0 Å². The van der Waals surface area contributed by atoms with Crippen LogP contribution in [-0.2, 0) is 16.0 Å². The van der Waals surface area contributed by atoms with Crippen LogP contribution in [0, 0.1) is 23.7 Å². The lowest BCUT2D eigenvalue weighted by Crippen LogP contribution is -2.67. The van der Waals surface area contributed by atoms with Crippen molar-refractivity contribution >= 4 is 18.5 Å². The van der Waals surface area contributed by atoms with Crippen molar-refractivity contribution in [3.8, 4) is 0 Å². The normalized spacial score (nSPS) is 40.2. The highest BCUT2D eigenvalue weighted by molar-refractivity contribution is 7.18. The van der Waals surface area contributed by atoms with E-state index in [1.165, 1.54) is 43.8 Å². The molecule has 0 aromatic heterocycles. The van der Waals surface area contributed by atoms with Crippen LogP contribution in [0.15, 0.2) is 18.2 Å². The van der Waals surface area contributed by atoms with E-state index in [0.717, 1.165) is 62.9 Å². The summed E-state index contributed by atoms with van der Waals surface area (Å²) in [7, 11) is 6.67. The van der Waals surface area contributed by atoms with Gasteiger partial charge in [0.05, 0.1) is 0 Å². The number of hydrogen-bond acceptors (Lipinski definition) is 4. The van der Waals surface area contributed by atoms with Crippen LogP contribution in [-0.4, -0.2) is 57.5 Å². The van der Waals surface area contributed by atoms with Gasteiger partial charge in [0, 0.05) is 56.5 Å². The van der Waals surface area contributed by atoms with Crippen molar-refractivity contribution < 1.29 is 0 Å². The van der Waals surface area contributed by atoms with Gasteiger partial charge >= 0.3 is 0 Å². The first-order valence-corrected chi connectivity index (χ1v) is 16.2. The molecule has 0 radical (unpaired) electrons. The minimum absolute atomic E-state index is 0.0772. The maximum atomic E-state index is 3.98. The van der Waals surface area contributed by atoms with Crippen molar-refractivity contribution in [3.05, 3.63) is 34.9 Å². The van der Waals surface area contributed by atoms with Crippen LogP contribution in [0.25, 0.3) is 0 Å². The van der Waals surface area contributed by atoms with Crippen molar-refractivity contribution in [2.45, 2.75) is 80.9 Å². The predicted octanol–water partition coefficient (Wildman–Crippen LogP) is 3.75. The number of nitrogens with one attached hydrogen (secondary N) is 4. The van der Waals surface area contributed by atoms with E-state index in [-0.39, 0.29) is 10.6 Å². The van der Waals surface area contributed by atoms with Gasteiger partial charge in [-0.2, -0.15) is 0 Å². The molecule has 4 N–H and O–H groups in total. The summed E-state index contributed by atoms with van der Waals surface area (Å²) in [5, 5.41) is 15.4. The first-order chi connectivity index (χ1) is 17.3. The van der Waals surface area contributed by atoms with Crippen LogP contribution >= 0.6 is 18.5 Å². The fourth-order valence-corrected chi connectivity index (χ4v) is 10.9. The van der Waals surface area contributed by atoms with Gasteiger partial charge in [-0.05, 0) is 89.5 Å². The van der Waals surface area contributed by atoms with Crippen LogP contribution in [0.5, 0.6) is 0 Å². The van der Waals surface area contributed by atoms with E-state index in [9.17, 15) is 0 Å². The summed E-state index contributed by atoms with van der Waals surface area (Å²) < 4.78 is 0. The van der Waals surface area contributed by atoms with Gasteiger partial charge in [-0.25, -0.2) is 0 Å². The Morgan fingerprint density at radius 1 is 0.889 bits per heavy atom. The molecule has 2 heterocycles. The van der Waals surface area contributed by atoms with Crippen molar-refractivity contribution in [2.75, 3.05) is 45.4 Å². The zero-order valence-corrected chi connectivity index (χ0v) is 25.1. The highest BCUT2D eigenvalue weighted by Crippen LogP contribution is 2.65. The molecule has 2 saturated heterocycles. The molecule has 0 spiro atoms. The van der Waals surface area contributed by atoms with Gasteiger partial charge in [0.25, 0.3) is 0 Å². The van der Waals surface area contributed by atoms with Crippen LogP contribution in [0.1, 0.15) is 69.6 Å². The largest absolute Gasteiger partial charge is 0.314 e. The molecule has 4 saturated carbocycles. The Balaban J connectivity index is 1.55. The smallest absolute Gasteiger partial charge is 0.0429 e. The van der Waals surface area contributed by atoms with Gasteiger partial charge in [0.15, 0.2) is 0 Å². The SMILES string of the molecule is CC(C)(C)c1ccc(C23CC4CC(CC(C4)C2CP)C3)c(C(P)(C2CNCCN2)C2CNCCN2)c1. The summed E-state index contributed by atoms with van der Waals surface area (Å²) in [4.78, 5) is 0. The van der Waals surface area contributed by atoms with Gasteiger partial charge in [-0.1, -0.05) is 39.0 Å². The molecule has 200 valence electrons. The topological polar surface area (TPSA) is 48.1 Å². The van der Waals surface area contributed by atoms with E-state index >= 15 is 0 Å². The first-order valence-electron chi connectivity index (χ1n) is 14.8. The van der Waals surface area contributed by atoms with E-state index in [2.05, 4.69) is 78.7 Å². The van der Waals surface area contributed by atoms with E-state index in [0.29, 0.717) is 17.5 Å². The lowest BCUT2D eigenvalue weighted by atomic mass is 9.43. The highest BCUT2D eigenvalue weighted by Gasteiger charge is 2.59.